The van der Waals surface area contributed by atoms with Crippen LogP contribution < -0.4 is 9.62 Å². The predicted octanol–water partition coefficient (Wildman–Crippen LogP) is 4.36. The Hall–Kier alpha value is -2.75. The van der Waals surface area contributed by atoms with Gasteiger partial charge >= 0.3 is 0 Å². The van der Waals surface area contributed by atoms with Gasteiger partial charge in [0.25, 0.3) is 10.0 Å². The van der Waals surface area contributed by atoms with E-state index in [9.17, 15) is 13.2 Å². The molecule has 9 heteroatoms. The second-order valence-electron chi connectivity index (χ2n) is 8.08. The minimum Gasteiger partial charge on any atom is -0.373 e. The summed E-state index contributed by atoms with van der Waals surface area (Å²) in [6.45, 7) is 4.37. The molecule has 0 radical (unpaired) electrons. The number of amides is 1. The van der Waals surface area contributed by atoms with E-state index >= 15 is 0 Å². The third-order valence-electron chi connectivity index (χ3n) is 5.89. The zero-order valence-corrected chi connectivity index (χ0v) is 19.4. The molecule has 3 heterocycles. The molecule has 0 bridgehead atoms. The first-order valence-electron chi connectivity index (χ1n) is 10.4. The number of sulfonamides is 1. The molecule has 2 unspecified atom stereocenters. The molecule has 5 rings (SSSR count). The normalized spacial score (nSPS) is 20.0. The van der Waals surface area contributed by atoms with E-state index in [1.165, 1.54) is 22.6 Å². The Morgan fingerprint density at radius 3 is 2.75 bits per heavy atom. The number of hydrogen-bond donors (Lipinski definition) is 1. The largest absolute Gasteiger partial charge is 0.373 e. The van der Waals surface area contributed by atoms with E-state index in [-0.39, 0.29) is 22.8 Å². The summed E-state index contributed by atoms with van der Waals surface area (Å²) in [6.07, 6.45) is 0.691. The van der Waals surface area contributed by atoms with Gasteiger partial charge in [0, 0.05) is 31.6 Å². The summed E-state index contributed by atoms with van der Waals surface area (Å²) in [5.74, 6) is -0.0616. The molecule has 2 atom stereocenters. The van der Waals surface area contributed by atoms with Crippen molar-refractivity contribution in [2.75, 3.05) is 22.8 Å². The summed E-state index contributed by atoms with van der Waals surface area (Å²) < 4.78 is 34.5. The van der Waals surface area contributed by atoms with Crippen molar-refractivity contribution < 1.29 is 17.9 Å². The highest BCUT2D eigenvalue weighted by Gasteiger charge is 2.42. The molecule has 1 saturated heterocycles. The van der Waals surface area contributed by atoms with Gasteiger partial charge in [0.2, 0.25) is 5.91 Å². The maximum Gasteiger partial charge on any atom is 0.264 e. The topological polar surface area (TPSA) is 88.6 Å². The van der Waals surface area contributed by atoms with Crippen molar-refractivity contribution in [3.05, 3.63) is 59.8 Å². The number of benzene rings is 2. The molecular weight excluding hydrogens is 446 g/mol. The van der Waals surface area contributed by atoms with Gasteiger partial charge < -0.3 is 10.1 Å². The van der Waals surface area contributed by atoms with Gasteiger partial charge in [-0.15, -0.1) is 0 Å². The van der Waals surface area contributed by atoms with Crippen molar-refractivity contribution in [3.8, 4) is 10.4 Å². The first-order chi connectivity index (χ1) is 15.3. The van der Waals surface area contributed by atoms with Gasteiger partial charge in [-0.2, -0.15) is 0 Å². The van der Waals surface area contributed by atoms with Crippen LogP contribution in [-0.2, 0) is 19.6 Å². The molecule has 2 aliphatic heterocycles. The summed E-state index contributed by atoms with van der Waals surface area (Å²) >= 11 is 1.40. The predicted molar refractivity (Wildman–Crippen MR) is 124 cm³/mol. The van der Waals surface area contributed by atoms with Crippen LogP contribution in [0.4, 0.5) is 10.8 Å². The van der Waals surface area contributed by atoms with E-state index in [1.807, 2.05) is 31.2 Å². The molecule has 32 heavy (non-hydrogen) atoms. The minimum absolute atomic E-state index is 0.105. The van der Waals surface area contributed by atoms with E-state index in [4.69, 9.17) is 4.74 Å². The SMILES string of the molecule is CC(=O)Nc1nc(C)c(-c2ccc3c(c2)C2OCCC2CN3S(=O)(=O)c2ccccc2)s1. The van der Waals surface area contributed by atoms with Gasteiger partial charge in [-0.05, 0) is 43.2 Å². The number of nitrogens with zero attached hydrogens (tertiary/aromatic N) is 2. The standard InChI is InChI=1S/C23H23N3O4S2/c1-14-22(31-23(24-14)25-15(2)27)16-8-9-20-19(12-16)21-17(10-11-30-21)13-26(20)32(28,29)18-6-4-3-5-7-18/h3-9,12,17,21H,10-11,13H2,1-2H3,(H,24,25,27). The van der Waals surface area contributed by atoms with Crippen molar-refractivity contribution in [1.82, 2.24) is 4.98 Å². The van der Waals surface area contributed by atoms with Gasteiger partial charge in [-0.3, -0.25) is 9.10 Å². The molecule has 7 nitrogen and oxygen atoms in total. The monoisotopic (exact) mass is 469 g/mol. The van der Waals surface area contributed by atoms with Crippen molar-refractivity contribution in [2.45, 2.75) is 31.3 Å². The van der Waals surface area contributed by atoms with Gasteiger partial charge in [-0.25, -0.2) is 13.4 Å². The van der Waals surface area contributed by atoms with Crippen LogP contribution >= 0.6 is 11.3 Å². The molecule has 3 aromatic rings. The van der Waals surface area contributed by atoms with Crippen LogP contribution in [0.2, 0.25) is 0 Å². The molecule has 1 fully saturated rings. The second-order valence-corrected chi connectivity index (χ2v) is 10.9. The highest BCUT2D eigenvalue weighted by atomic mass is 32.2. The van der Waals surface area contributed by atoms with Gasteiger partial charge in [0.05, 0.1) is 27.3 Å². The molecule has 166 valence electrons. The third kappa shape index (κ3) is 3.60. The molecule has 0 aliphatic carbocycles. The van der Waals surface area contributed by atoms with Crippen molar-refractivity contribution in [3.63, 3.8) is 0 Å². The van der Waals surface area contributed by atoms with Crippen LogP contribution in [0.5, 0.6) is 0 Å². The number of aromatic nitrogens is 1. The molecule has 2 aliphatic rings. The quantitative estimate of drug-likeness (QED) is 0.613. The summed E-state index contributed by atoms with van der Waals surface area (Å²) in [7, 11) is -3.69. The number of carbonyl (C=O) groups is 1. The van der Waals surface area contributed by atoms with Gasteiger partial charge in [0.15, 0.2) is 5.13 Å². The Kier molecular flexibility index (Phi) is 5.27. The number of nitrogens with one attached hydrogen (secondary N) is 1. The summed E-state index contributed by atoms with van der Waals surface area (Å²) in [5.41, 5.74) is 3.28. The first-order valence-corrected chi connectivity index (χ1v) is 12.7. The number of ether oxygens (including phenoxy) is 1. The van der Waals surface area contributed by atoms with Gasteiger partial charge in [0.1, 0.15) is 0 Å². The smallest absolute Gasteiger partial charge is 0.264 e. The molecule has 0 spiro atoms. The molecule has 1 aromatic heterocycles. The fraction of sp³-hybridized carbons (Fsp3) is 0.304. The fourth-order valence-corrected chi connectivity index (χ4v) is 7.02. The zero-order chi connectivity index (χ0) is 22.5. The molecule has 1 amide bonds. The van der Waals surface area contributed by atoms with E-state index < -0.39 is 10.0 Å². The average Bonchev–Trinajstić information content (AvgIpc) is 3.39. The molecule has 0 saturated carbocycles. The summed E-state index contributed by atoms with van der Waals surface area (Å²) in [5, 5.41) is 3.28. The summed E-state index contributed by atoms with van der Waals surface area (Å²) in [6, 6.07) is 14.3. The Balaban J connectivity index is 1.60. The maximum absolute atomic E-state index is 13.5. The second kappa shape index (κ2) is 7.99. The highest BCUT2D eigenvalue weighted by molar-refractivity contribution is 7.92. The van der Waals surface area contributed by atoms with Gasteiger partial charge in [-0.1, -0.05) is 35.6 Å². The molecule has 1 N–H and O–H groups in total. The molecular formula is C23H23N3O4S2. The van der Waals surface area contributed by atoms with Crippen LogP contribution in [0.25, 0.3) is 10.4 Å². The number of carbonyl (C=O) groups excluding carboxylic acids is 1. The Morgan fingerprint density at radius 1 is 1.22 bits per heavy atom. The van der Waals surface area contributed by atoms with E-state index in [0.717, 1.165) is 28.1 Å². The Bertz CT molecular complexity index is 1290. The van der Waals surface area contributed by atoms with Crippen LogP contribution in [-0.4, -0.2) is 32.5 Å². The van der Waals surface area contributed by atoms with E-state index in [2.05, 4.69) is 10.3 Å². The number of rotatable bonds is 4. The number of fused-ring (bicyclic) bond motifs is 3. The van der Waals surface area contributed by atoms with Crippen molar-refractivity contribution >= 4 is 38.1 Å². The number of hydrogen-bond acceptors (Lipinski definition) is 6. The van der Waals surface area contributed by atoms with Crippen LogP contribution in [0, 0.1) is 12.8 Å². The van der Waals surface area contributed by atoms with E-state index in [1.54, 1.807) is 24.3 Å². The highest BCUT2D eigenvalue weighted by Crippen LogP contribution is 2.48. The van der Waals surface area contributed by atoms with Crippen molar-refractivity contribution in [1.29, 1.82) is 0 Å². The van der Waals surface area contributed by atoms with Crippen LogP contribution in [0.3, 0.4) is 0 Å². The average molecular weight is 470 g/mol. The lowest BCUT2D eigenvalue weighted by molar-refractivity contribution is -0.114. The minimum atomic E-state index is -3.69. The van der Waals surface area contributed by atoms with E-state index in [0.29, 0.717) is 24.0 Å². The fourth-order valence-electron chi connectivity index (χ4n) is 4.44. The lowest BCUT2D eigenvalue weighted by atomic mass is 9.89. The maximum atomic E-state index is 13.5. The number of aryl methyl sites for hydroxylation is 1. The number of thiazole rings is 1. The Morgan fingerprint density at radius 2 is 2.00 bits per heavy atom. The first kappa shape index (κ1) is 21.1. The molecule has 2 aromatic carbocycles. The zero-order valence-electron chi connectivity index (χ0n) is 17.7. The summed E-state index contributed by atoms with van der Waals surface area (Å²) in [4.78, 5) is 17.1. The Labute approximate surface area is 191 Å². The third-order valence-corrected chi connectivity index (χ3v) is 8.81. The lowest BCUT2D eigenvalue weighted by Crippen LogP contribution is -2.40. The van der Waals surface area contributed by atoms with Crippen molar-refractivity contribution in [2.24, 2.45) is 5.92 Å². The van der Waals surface area contributed by atoms with Crippen LogP contribution in [0.15, 0.2) is 53.4 Å². The lowest BCUT2D eigenvalue weighted by Gasteiger charge is -2.37. The number of anilines is 2. The van der Waals surface area contributed by atoms with Crippen LogP contribution in [0.1, 0.15) is 30.7 Å².